The number of aromatic nitrogens is 1. The molecule has 2 aromatic carbocycles. The van der Waals surface area contributed by atoms with E-state index in [1.807, 2.05) is 23.1 Å². The van der Waals surface area contributed by atoms with E-state index in [4.69, 9.17) is 4.74 Å². The van der Waals surface area contributed by atoms with Crippen LogP contribution in [0.2, 0.25) is 0 Å². The number of aromatic amines is 1. The molecule has 0 spiro atoms. The van der Waals surface area contributed by atoms with E-state index >= 15 is 0 Å². The van der Waals surface area contributed by atoms with Gasteiger partial charge in [0.1, 0.15) is 11.0 Å². The van der Waals surface area contributed by atoms with Crippen LogP contribution in [0.25, 0.3) is 0 Å². The largest absolute Gasteiger partial charge is 0.483 e. The molecule has 2 saturated heterocycles. The van der Waals surface area contributed by atoms with Crippen LogP contribution in [0.4, 0.5) is 5.69 Å². The molecule has 1 N–H and O–H groups in total. The Morgan fingerprint density at radius 3 is 2.55 bits per heavy atom. The van der Waals surface area contributed by atoms with Crippen molar-refractivity contribution in [1.29, 1.82) is 0 Å². The number of thioether (sulfide) groups is 1. The summed E-state index contributed by atoms with van der Waals surface area (Å²) in [6.45, 7) is 1.33. The van der Waals surface area contributed by atoms with Crippen LogP contribution < -0.4 is 14.5 Å². The number of hydrogen-bond donors (Lipinski definition) is 1. The minimum Gasteiger partial charge on any atom is -0.483 e. The van der Waals surface area contributed by atoms with E-state index in [0.717, 1.165) is 48.2 Å². The topological polar surface area (TPSA) is 99.8 Å². The lowest BCUT2D eigenvalue weighted by molar-refractivity contribution is -0.134. The fourth-order valence-electron chi connectivity index (χ4n) is 5.45. The predicted molar refractivity (Wildman–Crippen MR) is 149 cm³/mol. The maximum Gasteiger partial charge on any atom is 0.305 e. The Morgan fingerprint density at radius 1 is 1.03 bits per heavy atom. The molecule has 0 bridgehead atoms. The van der Waals surface area contributed by atoms with Crippen LogP contribution in [0.5, 0.6) is 5.75 Å². The van der Waals surface area contributed by atoms with Gasteiger partial charge in [-0.1, -0.05) is 57.2 Å². The number of fused-ring (bicyclic) bond motifs is 2. The van der Waals surface area contributed by atoms with Crippen molar-refractivity contribution in [3.8, 4) is 5.75 Å². The van der Waals surface area contributed by atoms with Crippen LogP contribution in [0, 0.1) is 5.92 Å². The first-order chi connectivity index (χ1) is 18.4. The Hall–Kier alpha value is -2.89. The van der Waals surface area contributed by atoms with Gasteiger partial charge in [0.2, 0.25) is 11.8 Å². The molecular formula is C27H24BrN3O5S2. The Labute approximate surface area is 235 Å². The highest BCUT2D eigenvalue weighted by Gasteiger charge is 2.56. The summed E-state index contributed by atoms with van der Waals surface area (Å²) in [5, 5.41) is -0.107. The molecule has 0 aliphatic carbocycles. The standard InChI is InChI=1S/C27H24BrN3O5S2/c28-15-9-10-18(36-14-19(32)30-11-5-2-6-12-30)17(13-15)20-21-23(37-24-22(20)38-27(35)29-24)26(34)31(25(21)33)16-7-3-1-4-8-16/h1,3-4,7-10,13,20-21,23H,2,5-6,11-12,14H2,(H,29,35). The van der Waals surface area contributed by atoms with Crippen molar-refractivity contribution in [2.45, 2.75) is 35.5 Å². The van der Waals surface area contributed by atoms with Crippen LogP contribution in [0.1, 0.15) is 35.6 Å². The third-order valence-corrected chi connectivity index (χ3v) is 10.1. The second-order valence-electron chi connectivity index (χ2n) is 9.51. The molecule has 6 rings (SSSR count). The maximum atomic E-state index is 13.9. The Kier molecular flexibility index (Phi) is 6.92. The molecular weight excluding hydrogens is 590 g/mol. The number of piperidine rings is 1. The van der Waals surface area contributed by atoms with Crippen LogP contribution in [0.15, 0.2) is 62.8 Å². The first-order valence-electron chi connectivity index (χ1n) is 12.4. The number of nitrogens with one attached hydrogen (secondary N) is 1. The SMILES string of the molecule is O=C(COc1ccc(Br)cc1C1c2sc(=O)[nH]c2SC2C(=O)N(c3ccccc3)C(=O)C21)N1CCCCC1. The first kappa shape index (κ1) is 25.4. The van der Waals surface area contributed by atoms with Gasteiger partial charge in [0.25, 0.3) is 5.91 Å². The number of para-hydroxylation sites is 1. The van der Waals surface area contributed by atoms with Gasteiger partial charge in [-0.3, -0.25) is 19.2 Å². The van der Waals surface area contributed by atoms with Crippen LogP contribution in [-0.4, -0.2) is 52.6 Å². The predicted octanol–water partition coefficient (Wildman–Crippen LogP) is 4.39. The smallest absolute Gasteiger partial charge is 0.305 e. The third kappa shape index (κ3) is 4.50. The minimum absolute atomic E-state index is 0.0787. The zero-order valence-electron chi connectivity index (χ0n) is 20.2. The van der Waals surface area contributed by atoms with E-state index in [2.05, 4.69) is 20.9 Å². The summed E-state index contributed by atoms with van der Waals surface area (Å²) in [5.74, 6) is -1.57. The second-order valence-corrected chi connectivity index (χ2v) is 12.6. The van der Waals surface area contributed by atoms with Gasteiger partial charge >= 0.3 is 4.87 Å². The van der Waals surface area contributed by atoms with Crippen LogP contribution >= 0.6 is 39.0 Å². The molecule has 0 saturated carbocycles. The summed E-state index contributed by atoms with van der Waals surface area (Å²) in [7, 11) is 0. The molecule has 3 aromatic rings. The van der Waals surface area contributed by atoms with Crippen LogP contribution in [-0.2, 0) is 14.4 Å². The quantitative estimate of drug-likeness (QED) is 0.429. The number of benzene rings is 2. The highest BCUT2D eigenvalue weighted by Crippen LogP contribution is 2.54. The van der Waals surface area contributed by atoms with Crippen molar-refractivity contribution in [3.05, 3.63) is 73.1 Å². The number of hydrogen-bond acceptors (Lipinski definition) is 7. The molecule has 4 heterocycles. The fraction of sp³-hybridized carbons (Fsp3) is 0.333. The molecule has 1 aromatic heterocycles. The molecule has 0 radical (unpaired) electrons. The number of imide groups is 1. The first-order valence-corrected chi connectivity index (χ1v) is 14.9. The van der Waals surface area contributed by atoms with Gasteiger partial charge in [-0.15, -0.1) is 0 Å². The second kappa shape index (κ2) is 10.3. The van der Waals surface area contributed by atoms with Crippen molar-refractivity contribution < 1.29 is 19.1 Å². The monoisotopic (exact) mass is 613 g/mol. The van der Waals surface area contributed by atoms with E-state index < -0.39 is 17.1 Å². The minimum atomic E-state index is -0.735. The van der Waals surface area contributed by atoms with E-state index in [1.165, 1.54) is 16.7 Å². The van der Waals surface area contributed by atoms with Gasteiger partial charge in [-0.2, -0.15) is 0 Å². The number of H-pyrrole nitrogens is 1. The lowest BCUT2D eigenvalue weighted by Gasteiger charge is -2.31. The maximum absolute atomic E-state index is 13.9. The lowest BCUT2D eigenvalue weighted by Crippen LogP contribution is -2.38. The number of rotatable bonds is 5. The molecule has 3 amide bonds. The number of likely N-dealkylation sites (tertiary alicyclic amines) is 1. The van der Waals surface area contributed by atoms with Crippen molar-refractivity contribution in [1.82, 2.24) is 9.88 Å². The Balaban J connectivity index is 1.39. The molecule has 3 atom stereocenters. The summed E-state index contributed by atoms with van der Waals surface area (Å²) in [6, 6.07) is 14.3. The van der Waals surface area contributed by atoms with Gasteiger partial charge in [-0.25, -0.2) is 4.90 Å². The number of nitrogens with zero attached hydrogens (tertiary/aromatic N) is 2. The zero-order valence-corrected chi connectivity index (χ0v) is 23.4. The molecule has 11 heteroatoms. The van der Waals surface area contributed by atoms with Gasteiger partial charge < -0.3 is 14.6 Å². The lowest BCUT2D eigenvalue weighted by atomic mass is 9.82. The normalized spacial score (nSPS) is 22.8. The third-order valence-electron chi connectivity index (χ3n) is 7.21. The van der Waals surface area contributed by atoms with Crippen molar-refractivity contribution >= 4 is 62.4 Å². The molecule has 38 heavy (non-hydrogen) atoms. The number of ether oxygens (including phenoxy) is 1. The number of carbonyl (C=O) groups is 3. The van der Waals surface area contributed by atoms with Crippen molar-refractivity contribution in [2.24, 2.45) is 5.92 Å². The Morgan fingerprint density at radius 2 is 1.79 bits per heavy atom. The number of anilines is 1. The molecule has 196 valence electrons. The summed E-state index contributed by atoms with van der Waals surface area (Å²) in [6.07, 6.45) is 3.10. The van der Waals surface area contributed by atoms with E-state index in [0.29, 0.717) is 26.9 Å². The summed E-state index contributed by atoms with van der Waals surface area (Å²) in [4.78, 5) is 59.2. The molecule has 8 nitrogen and oxygen atoms in total. The molecule has 3 unspecified atom stereocenters. The highest BCUT2D eigenvalue weighted by molar-refractivity contribution is 9.10. The van der Waals surface area contributed by atoms with Gasteiger partial charge in [0, 0.05) is 33.9 Å². The van der Waals surface area contributed by atoms with Gasteiger partial charge in [-0.05, 0) is 49.6 Å². The fourth-order valence-corrected chi connectivity index (χ4v) is 8.34. The van der Waals surface area contributed by atoms with Crippen LogP contribution in [0.3, 0.4) is 0 Å². The summed E-state index contributed by atoms with van der Waals surface area (Å²) in [5.41, 5.74) is 1.18. The number of thiazole rings is 1. The number of carbonyl (C=O) groups excluding carboxylic acids is 3. The number of halogens is 1. The van der Waals surface area contributed by atoms with Gasteiger partial charge in [0.05, 0.1) is 16.6 Å². The van der Waals surface area contributed by atoms with E-state index in [-0.39, 0.29) is 29.2 Å². The molecule has 3 aliphatic rings. The van der Waals surface area contributed by atoms with Gasteiger partial charge in [0.15, 0.2) is 6.61 Å². The van der Waals surface area contributed by atoms with E-state index in [1.54, 1.807) is 30.3 Å². The highest BCUT2D eigenvalue weighted by atomic mass is 79.9. The summed E-state index contributed by atoms with van der Waals surface area (Å²) >= 11 is 5.81. The van der Waals surface area contributed by atoms with E-state index in [9.17, 15) is 19.2 Å². The zero-order chi connectivity index (χ0) is 26.4. The number of amides is 3. The van der Waals surface area contributed by atoms with Crippen molar-refractivity contribution in [3.63, 3.8) is 0 Å². The average molecular weight is 615 g/mol. The molecule has 3 aliphatic heterocycles. The Bertz CT molecular complexity index is 1470. The van der Waals surface area contributed by atoms with Crippen molar-refractivity contribution in [2.75, 3.05) is 24.6 Å². The molecule has 2 fully saturated rings. The summed E-state index contributed by atoms with van der Waals surface area (Å²) < 4.78 is 6.85. The average Bonchev–Trinajstić information content (AvgIpc) is 3.42.